The topological polar surface area (TPSA) is 74.8 Å². The van der Waals surface area contributed by atoms with Crippen LogP contribution in [0, 0.1) is 11.8 Å². The summed E-state index contributed by atoms with van der Waals surface area (Å²) in [5.41, 5.74) is 1.32. The van der Waals surface area contributed by atoms with E-state index in [0.717, 1.165) is 12.0 Å². The molecule has 2 heterocycles. The maximum absolute atomic E-state index is 13.1. The highest BCUT2D eigenvalue weighted by molar-refractivity contribution is 9.10. The quantitative estimate of drug-likeness (QED) is 0.677. The van der Waals surface area contributed by atoms with Crippen molar-refractivity contribution >= 4 is 43.3 Å². The number of hydrogen-bond acceptors (Lipinski definition) is 4. The van der Waals surface area contributed by atoms with Gasteiger partial charge in [0.1, 0.15) is 0 Å². The van der Waals surface area contributed by atoms with Crippen molar-refractivity contribution in [3.8, 4) is 0 Å². The van der Waals surface area contributed by atoms with E-state index in [-0.39, 0.29) is 28.9 Å². The Morgan fingerprint density at radius 3 is 2.43 bits per heavy atom. The summed E-state index contributed by atoms with van der Waals surface area (Å²) < 4.78 is 26.9. The lowest BCUT2D eigenvalue weighted by Gasteiger charge is -2.35. The van der Waals surface area contributed by atoms with E-state index < -0.39 is 9.84 Å². The van der Waals surface area contributed by atoms with Crippen molar-refractivity contribution in [2.75, 3.05) is 30.3 Å². The molecular weight excluding hydrogens is 444 g/mol. The van der Waals surface area contributed by atoms with Crippen LogP contribution in [0.5, 0.6) is 0 Å². The van der Waals surface area contributed by atoms with Gasteiger partial charge in [0, 0.05) is 37.5 Å². The first-order valence-electron chi connectivity index (χ1n) is 9.69. The Hall–Kier alpha value is -1.41. The van der Waals surface area contributed by atoms with Gasteiger partial charge in [-0.2, -0.15) is 0 Å². The number of rotatable bonds is 4. The maximum Gasteiger partial charge on any atom is 0.223 e. The van der Waals surface area contributed by atoms with E-state index in [0.29, 0.717) is 48.1 Å². The molecule has 2 atom stereocenters. The zero-order valence-electron chi connectivity index (χ0n) is 16.6. The average Bonchev–Trinajstić information content (AvgIpc) is 3.01. The summed E-state index contributed by atoms with van der Waals surface area (Å²) in [7, 11) is -3.71. The molecule has 1 aromatic rings. The second-order valence-corrected chi connectivity index (χ2v) is 11.1. The summed E-state index contributed by atoms with van der Waals surface area (Å²) in [6, 6.07) is 3.41. The lowest BCUT2D eigenvalue weighted by Crippen LogP contribution is -2.43. The summed E-state index contributed by atoms with van der Waals surface area (Å²) in [4.78, 5) is 28.0. The molecule has 0 bridgehead atoms. The Balaban J connectivity index is 1.80. The summed E-state index contributed by atoms with van der Waals surface area (Å²) in [5.74, 6) is 0.324. The van der Waals surface area contributed by atoms with Crippen molar-refractivity contribution in [1.82, 2.24) is 4.90 Å². The fraction of sp³-hybridized carbons (Fsp3) is 0.600. The maximum atomic E-state index is 13.1. The van der Waals surface area contributed by atoms with Crippen LogP contribution in [-0.2, 0) is 25.8 Å². The molecule has 2 aliphatic rings. The van der Waals surface area contributed by atoms with E-state index in [2.05, 4.69) is 29.8 Å². The van der Waals surface area contributed by atoms with Gasteiger partial charge in [-0.15, -0.1) is 0 Å². The highest BCUT2D eigenvalue weighted by atomic mass is 79.9. The lowest BCUT2D eigenvalue weighted by molar-refractivity contribution is -0.133. The third-order valence-electron chi connectivity index (χ3n) is 5.51. The zero-order valence-corrected chi connectivity index (χ0v) is 19.0. The van der Waals surface area contributed by atoms with Crippen LogP contribution in [0.4, 0.5) is 5.69 Å². The molecule has 1 fully saturated rings. The molecule has 0 aromatic heterocycles. The van der Waals surface area contributed by atoms with Crippen molar-refractivity contribution in [3.05, 3.63) is 22.2 Å². The van der Waals surface area contributed by atoms with Crippen LogP contribution in [0.15, 0.2) is 21.5 Å². The van der Waals surface area contributed by atoms with E-state index in [4.69, 9.17) is 0 Å². The molecule has 0 radical (unpaired) electrons. The van der Waals surface area contributed by atoms with Gasteiger partial charge < -0.3 is 9.80 Å². The first-order valence-corrected chi connectivity index (χ1v) is 12.1. The molecule has 6 nitrogen and oxygen atoms in total. The molecule has 28 heavy (non-hydrogen) atoms. The van der Waals surface area contributed by atoms with Gasteiger partial charge in [0.2, 0.25) is 11.8 Å². The molecule has 0 aliphatic carbocycles. The van der Waals surface area contributed by atoms with E-state index in [1.807, 2.05) is 6.07 Å². The molecule has 0 unspecified atom stereocenters. The van der Waals surface area contributed by atoms with Crippen LogP contribution >= 0.6 is 15.9 Å². The predicted octanol–water partition coefficient (Wildman–Crippen LogP) is 3.03. The monoisotopic (exact) mass is 470 g/mol. The largest absolute Gasteiger partial charge is 0.342 e. The van der Waals surface area contributed by atoms with Crippen molar-refractivity contribution in [2.45, 2.75) is 44.9 Å². The third-order valence-corrected chi connectivity index (χ3v) is 7.70. The molecule has 0 spiro atoms. The Morgan fingerprint density at radius 1 is 1.18 bits per heavy atom. The number of halogens is 1. The highest BCUT2D eigenvalue weighted by Crippen LogP contribution is 2.38. The van der Waals surface area contributed by atoms with Crippen LogP contribution in [0.25, 0.3) is 0 Å². The summed E-state index contributed by atoms with van der Waals surface area (Å²) in [6.07, 6.45) is 1.68. The van der Waals surface area contributed by atoms with Gasteiger partial charge in [-0.3, -0.25) is 9.59 Å². The van der Waals surface area contributed by atoms with Gasteiger partial charge in [-0.05, 0) is 42.4 Å². The Morgan fingerprint density at radius 2 is 1.82 bits per heavy atom. The van der Waals surface area contributed by atoms with Gasteiger partial charge in [0.15, 0.2) is 9.84 Å². The summed E-state index contributed by atoms with van der Waals surface area (Å²) in [6.45, 7) is 7.53. The molecule has 1 aromatic carbocycles. The van der Waals surface area contributed by atoms with Crippen LogP contribution < -0.4 is 4.90 Å². The number of anilines is 1. The van der Waals surface area contributed by atoms with Crippen molar-refractivity contribution in [2.24, 2.45) is 11.8 Å². The zero-order chi connectivity index (χ0) is 20.6. The standard InChI is InChI=1S/C20H27BrN2O4S/c1-13-8-14(2)12-22(11-13)19(25)5-7-28(26,27)18-10-17(21)9-16-4-6-23(15(3)24)20(16)18/h9-10,13-14H,4-8,11-12H2,1-3H3/t13-,14+. The smallest absolute Gasteiger partial charge is 0.223 e. The average molecular weight is 471 g/mol. The number of hydrogen-bond donors (Lipinski definition) is 0. The first-order chi connectivity index (χ1) is 13.1. The summed E-state index contributed by atoms with van der Waals surface area (Å²) >= 11 is 3.38. The summed E-state index contributed by atoms with van der Waals surface area (Å²) in [5, 5.41) is 0. The normalized spacial score (nSPS) is 22.3. The fourth-order valence-corrected chi connectivity index (χ4v) is 6.54. The van der Waals surface area contributed by atoms with Crippen molar-refractivity contribution in [1.29, 1.82) is 0 Å². The van der Waals surface area contributed by atoms with Gasteiger partial charge in [-0.1, -0.05) is 29.8 Å². The van der Waals surface area contributed by atoms with Crippen LogP contribution in [0.3, 0.4) is 0 Å². The minimum atomic E-state index is -3.71. The number of amides is 2. The number of carbonyl (C=O) groups is 2. The minimum Gasteiger partial charge on any atom is -0.342 e. The van der Waals surface area contributed by atoms with Gasteiger partial charge in [-0.25, -0.2) is 8.42 Å². The molecule has 3 rings (SSSR count). The number of likely N-dealkylation sites (tertiary alicyclic amines) is 1. The second-order valence-electron chi connectivity index (χ2n) is 8.15. The van der Waals surface area contributed by atoms with Crippen molar-refractivity contribution < 1.29 is 18.0 Å². The van der Waals surface area contributed by atoms with Gasteiger partial charge >= 0.3 is 0 Å². The number of carbonyl (C=O) groups excluding carboxylic acids is 2. The Kier molecular flexibility index (Phi) is 6.20. The molecule has 8 heteroatoms. The second kappa shape index (κ2) is 8.14. The van der Waals surface area contributed by atoms with E-state index in [1.54, 1.807) is 11.0 Å². The lowest BCUT2D eigenvalue weighted by atomic mass is 9.92. The molecule has 1 saturated heterocycles. The fourth-order valence-electron chi connectivity index (χ4n) is 4.38. The van der Waals surface area contributed by atoms with E-state index in [1.165, 1.54) is 11.8 Å². The SMILES string of the molecule is CC(=O)N1CCc2cc(Br)cc(S(=O)(=O)CCC(=O)N3C[C@H](C)C[C@H](C)C3)c21. The van der Waals surface area contributed by atoms with E-state index in [9.17, 15) is 18.0 Å². The molecule has 0 saturated carbocycles. The number of benzene rings is 1. The van der Waals surface area contributed by atoms with Crippen LogP contribution in [0.1, 0.15) is 39.2 Å². The number of nitrogens with zero attached hydrogens (tertiary/aromatic N) is 2. The van der Waals surface area contributed by atoms with Gasteiger partial charge in [0.25, 0.3) is 0 Å². The molecule has 2 aliphatic heterocycles. The molecule has 2 amide bonds. The third kappa shape index (κ3) is 4.43. The number of sulfone groups is 1. The number of piperidine rings is 1. The van der Waals surface area contributed by atoms with Crippen molar-refractivity contribution in [3.63, 3.8) is 0 Å². The Bertz CT molecular complexity index is 890. The molecular formula is C20H27BrN2O4S. The van der Waals surface area contributed by atoms with E-state index >= 15 is 0 Å². The Labute approximate surface area is 175 Å². The minimum absolute atomic E-state index is 0.0386. The number of fused-ring (bicyclic) bond motifs is 1. The van der Waals surface area contributed by atoms with Gasteiger partial charge in [0.05, 0.1) is 16.3 Å². The molecule has 154 valence electrons. The molecule has 0 N–H and O–H groups in total. The van der Waals surface area contributed by atoms with Crippen LogP contribution in [0.2, 0.25) is 0 Å². The predicted molar refractivity (Wildman–Crippen MR) is 112 cm³/mol. The highest BCUT2D eigenvalue weighted by Gasteiger charge is 2.32. The van der Waals surface area contributed by atoms with Crippen LogP contribution in [-0.4, -0.2) is 50.5 Å². The first kappa shape index (κ1) is 21.3.